The molecule has 0 unspecified atom stereocenters. The third-order valence-corrected chi connectivity index (χ3v) is 3.78. The largest absolute Gasteiger partial charge is 0.352 e. The second kappa shape index (κ2) is 4.63. The molecule has 0 saturated carbocycles. The molecule has 0 N–H and O–H groups in total. The Kier molecular flexibility index (Phi) is 2.96. The zero-order valence-corrected chi connectivity index (χ0v) is 10.9. The monoisotopic (exact) mass is 252 g/mol. The van der Waals surface area contributed by atoms with Crippen molar-refractivity contribution in [2.75, 3.05) is 0 Å². The molecular weight excluding hydrogens is 236 g/mol. The standard InChI is InChI=1S/C17H16O2/c1-2-17(14-11-7-4-8-12-14)16(19-17)15(18)13-9-5-3-6-10-13/h3-12,16H,2H2,1H3/t16-,17-/m0/s1. The van der Waals surface area contributed by atoms with E-state index in [1.807, 2.05) is 60.7 Å². The van der Waals surface area contributed by atoms with Gasteiger partial charge in [0.25, 0.3) is 0 Å². The van der Waals surface area contributed by atoms with Gasteiger partial charge in [-0.25, -0.2) is 0 Å². The minimum atomic E-state index is -0.422. The Morgan fingerprint density at radius 3 is 2.21 bits per heavy atom. The van der Waals surface area contributed by atoms with Crippen LogP contribution in [0, 0.1) is 0 Å². The first-order valence-corrected chi connectivity index (χ1v) is 6.60. The fourth-order valence-electron chi connectivity index (χ4n) is 2.61. The smallest absolute Gasteiger partial charge is 0.194 e. The quantitative estimate of drug-likeness (QED) is 0.615. The van der Waals surface area contributed by atoms with Crippen LogP contribution in [-0.2, 0) is 10.3 Å². The van der Waals surface area contributed by atoms with Gasteiger partial charge in [0.2, 0.25) is 0 Å². The van der Waals surface area contributed by atoms with Gasteiger partial charge in [-0.05, 0) is 12.0 Å². The zero-order chi connectivity index (χ0) is 13.3. The Labute approximate surface area is 113 Å². The summed E-state index contributed by atoms with van der Waals surface area (Å²) in [6, 6.07) is 19.4. The van der Waals surface area contributed by atoms with Gasteiger partial charge in [-0.1, -0.05) is 67.6 Å². The highest BCUT2D eigenvalue weighted by Gasteiger charge is 2.60. The van der Waals surface area contributed by atoms with Crippen molar-refractivity contribution < 1.29 is 9.53 Å². The molecule has 2 aromatic carbocycles. The van der Waals surface area contributed by atoms with E-state index < -0.39 is 5.60 Å². The van der Waals surface area contributed by atoms with E-state index in [1.165, 1.54) is 0 Å². The molecule has 1 heterocycles. The van der Waals surface area contributed by atoms with Gasteiger partial charge in [0.1, 0.15) is 5.60 Å². The lowest BCUT2D eigenvalue weighted by Crippen LogP contribution is -2.18. The lowest BCUT2D eigenvalue weighted by molar-refractivity contribution is 0.0953. The molecule has 1 saturated heterocycles. The SMILES string of the molecule is CC[C@@]1(c2ccccc2)O[C@H]1C(=O)c1ccccc1. The number of Topliss-reactive ketones (excluding diaryl/α,β-unsaturated/α-hetero) is 1. The topological polar surface area (TPSA) is 29.6 Å². The highest BCUT2D eigenvalue weighted by molar-refractivity contribution is 6.02. The fraction of sp³-hybridized carbons (Fsp3) is 0.235. The lowest BCUT2D eigenvalue weighted by Gasteiger charge is -2.10. The molecule has 2 heteroatoms. The molecule has 96 valence electrons. The van der Waals surface area contributed by atoms with E-state index in [9.17, 15) is 4.79 Å². The first-order valence-electron chi connectivity index (χ1n) is 6.60. The zero-order valence-electron chi connectivity index (χ0n) is 10.9. The minimum Gasteiger partial charge on any atom is -0.352 e. The predicted molar refractivity (Wildman–Crippen MR) is 74.1 cm³/mol. The molecular formula is C17H16O2. The van der Waals surface area contributed by atoms with Gasteiger partial charge in [0.05, 0.1) is 0 Å². The molecule has 0 bridgehead atoms. The number of hydrogen-bond acceptors (Lipinski definition) is 2. The van der Waals surface area contributed by atoms with Crippen molar-refractivity contribution in [2.24, 2.45) is 0 Å². The summed E-state index contributed by atoms with van der Waals surface area (Å²) < 4.78 is 5.81. The number of ether oxygens (including phenoxy) is 1. The highest BCUT2D eigenvalue weighted by Crippen LogP contribution is 2.50. The highest BCUT2D eigenvalue weighted by atomic mass is 16.6. The number of benzene rings is 2. The summed E-state index contributed by atoms with van der Waals surface area (Å²) >= 11 is 0. The maximum Gasteiger partial charge on any atom is 0.194 e. The summed E-state index contributed by atoms with van der Waals surface area (Å²) in [7, 11) is 0. The van der Waals surface area contributed by atoms with Crippen LogP contribution in [0.25, 0.3) is 0 Å². The molecule has 0 aliphatic carbocycles. The number of carbonyl (C=O) groups excluding carboxylic acids is 1. The van der Waals surface area contributed by atoms with E-state index in [0.717, 1.165) is 17.5 Å². The third kappa shape index (κ3) is 1.98. The molecule has 1 aliphatic heterocycles. The summed E-state index contributed by atoms with van der Waals surface area (Å²) in [6.07, 6.45) is 0.461. The van der Waals surface area contributed by atoms with Gasteiger partial charge >= 0.3 is 0 Å². The molecule has 0 aromatic heterocycles. The van der Waals surface area contributed by atoms with Crippen LogP contribution in [0.5, 0.6) is 0 Å². The van der Waals surface area contributed by atoms with Gasteiger partial charge in [0.15, 0.2) is 11.9 Å². The summed E-state index contributed by atoms with van der Waals surface area (Å²) in [4.78, 5) is 12.4. The first kappa shape index (κ1) is 12.1. The normalized spacial score (nSPS) is 25.0. The van der Waals surface area contributed by atoms with Crippen molar-refractivity contribution in [3.05, 3.63) is 71.8 Å². The van der Waals surface area contributed by atoms with Crippen molar-refractivity contribution in [2.45, 2.75) is 25.0 Å². The maximum absolute atomic E-state index is 12.4. The van der Waals surface area contributed by atoms with Crippen LogP contribution in [-0.4, -0.2) is 11.9 Å². The summed E-state index contributed by atoms with van der Waals surface area (Å²) in [5, 5.41) is 0. The average Bonchev–Trinajstić information content (AvgIpc) is 3.24. The van der Waals surface area contributed by atoms with Crippen molar-refractivity contribution in [3.8, 4) is 0 Å². The van der Waals surface area contributed by atoms with Gasteiger partial charge in [0, 0.05) is 5.56 Å². The van der Waals surface area contributed by atoms with Gasteiger partial charge in [-0.2, -0.15) is 0 Å². The molecule has 2 atom stereocenters. The van der Waals surface area contributed by atoms with E-state index in [0.29, 0.717) is 0 Å². The van der Waals surface area contributed by atoms with E-state index in [-0.39, 0.29) is 11.9 Å². The van der Waals surface area contributed by atoms with Gasteiger partial charge in [-0.3, -0.25) is 4.79 Å². The van der Waals surface area contributed by atoms with Crippen molar-refractivity contribution >= 4 is 5.78 Å². The van der Waals surface area contributed by atoms with E-state index in [4.69, 9.17) is 4.74 Å². The number of carbonyl (C=O) groups is 1. The van der Waals surface area contributed by atoms with E-state index in [1.54, 1.807) is 0 Å². The number of rotatable bonds is 4. The minimum absolute atomic E-state index is 0.0753. The molecule has 1 fully saturated rings. The van der Waals surface area contributed by atoms with Crippen LogP contribution in [0.1, 0.15) is 29.3 Å². The molecule has 1 aliphatic rings. The summed E-state index contributed by atoms with van der Waals surface area (Å²) in [5.74, 6) is 0.0753. The van der Waals surface area contributed by atoms with Crippen molar-refractivity contribution in [3.63, 3.8) is 0 Å². The van der Waals surface area contributed by atoms with Crippen molar-refractivity contribution in [1.82, 2.24) is 0 Å². The molecule has 2 aromatic rings. The maximum atomic E-state index is 12.4. The molecule has 0 radical (unpaired) electrons. The van der Waals surface area contributed by atoms with Crippen LogP contribution in [0.2, 0.25) is 0 Å². The second-order valence-corrected chi connectivity index (χ2v) is 4.84. The van der Waals surface area contributed by atoms with Gasteiger partial charge in [-0.15, -0.1) is 0 Å². The van der Waals surface area contributed by atoms with Crippen LogP contribution in [0.15, 0.2) is 60.7 Å². The second-order valence-electron chi connectivity index (χ2n) is 4.84. The van der Waals surface area contributed by atoms with Crippen LogP contribution in [0.3, 0.4) is 0 Å². The summed E-state index contributed by atoms with van der Waals surface area (Å²) in [5.41, 5.74) is 1.39. The summed E-state index contributed by atoms with van der Waals surface area (Å²) in [6.45, 7) is 2.06. The molecule has 19 heavy (non-hydrogen) atoms. The van der Waals surface area contributed by atoms with Crippen molar-refractivity contribution in [1.29, 1.82) is 0 Å². The lowest BCUT2D eigenvalue weighted by atomic mass is 9.89. The molecule has 0 amide bonds. The van der Waals surface area contributed by atoms with Crippen LogP contribution >= 0.6 is 0 Å². The number of epoxide rings is 1. The Morgan fingerprint density at radius 2 is 1.63 bits per heavy atom. The van der Waals surface area contributed by atoms with E-state index >= 15 is 0 Å². The Balaban J connectivity index is 1.88. The van der Waals surface area contributed by atoms with E-state index in [2.05, 4.69) is 6.92 Å². The predicted octanol–water partition coefficient (Wildman–Crippen LogP) is 3.57. The Morgan fingerprint density at radius 1 is 1.05 bits per heavy atom. The number of hydrogen-bond donors (Lipinski definition) is 0. The Hall–Kier alpha value is -1.93. The van der Waals surface area contributed by atoms with Crippen LogP contribution < -0.4 is 0 Å². The van der Waals surface area contributed by atoms with Gasteiger partial charge < -0.3 is 4.74 Å². The molecule has 2 nitrogen and oxygen atoms in total. The third-order valence-electron chi connectivity index (χ3n) is 3.78. The fourth-order valence-corrected chi connectivity index (χ4v) is 2.61. The molecule has 0 spiro atoms. The molecule has 3 rings (SSSR count). The first-order chi connectivity index (χ1) is 9.28. The number of ketones is 1. The Bertz CT molecular complexity index is 577. The average molecular weight is 252 g/mol. The van der Waals surface area contributed by atoms with Crippen LogP contribution in [0.4, 0.5) is 0 Å².